The van der Waals surface area contributed by atoms with Gasteiger partial charge in [0.25, 0.3) is 0 Å². The fraction of sp³-hybridized carbons (Fsp3) is 0.625. The number of halogens is 1. The zero-order valence-electron chi connectivity index (χ0n) is 12.3. The lowest BCUT2D eigenvalue weighted by molar-refractivity contribution is 0.00747. The molecule has 1 saturated heterocycles. The van der Waals surface area contributed by atoms with Crippen LogP contribution in [0.3, 0.4) is 0 Å². The zero-order valence-corrected chi connectivity index (χ0v) is 13.1. The molecule has 0 aliphatic carbocycles. The molecule has 0 spiro atoms. The van der Waals surface area contributed by atoms with Gasteiger partial charge in [0.1, 0.15) is 11.9 Å². The van der Waals surface area contributed by atoms with E-state index in [-0.39, 0.29) is 6.10 Å². The van der Waals surface area contributed by atoms with Gasteiger partial charge in [0.2, 0.25) is 0 Å². The zero-order chi connectivity index (χ0) is 14.4. The summed E-state index contributed by atoms with van der Waals surface area (Å²) >= 11 is 6.30. The molecule has 1 aromatic rings. The highest BCUT2D eigenvalue weighted by Gasteiger charge is 2.16. The Balaban J connectivity index is 1.88. The first-order valence-corrected chi connectivity index (χ1v) is 7.76. The predicted octanol–water partition coefficient (Wildman–Crippen LogP) is 3.64. The third kappa shape index (κ3) is 4.97. The van der Waals surface area contributed by atoms with Crippen molar-refractivity contribution in [2.45, 2.75) is 39.3 Å². The van der Waals surface area contributed by atoms with E-state index < -0.39 is 0 Å². The van der Waals surface area contributed by atoms with Crippen LogP contribution in [0.15, 0.2) is 18.2 Å². The van der Waals surface area contributed by atoms with Crippen molar-refractivity contribution in [1.29, 1.82) is 0 Å². The maximum Gasteiger partial charge on any atom is 0.138 e. The fourth-order valence-corrected chi connectivity index (χ4v) is 2.49. The second-order valence-corrected chi connectivity index (χ2v) is 6.15. The molecule has 0 amide bonds. The van der Waals surface area contributed by atoms with Crippen molar-refractivity contribution < 1.29 is 9.47 Å². The third-order valence-electron chi connectivity index (χ3n) is 3.29. The van der Waals surface area contributed by atoms with Gasteiger partial charge in [0.15, 0.2) is 0 Å². The fourth-order valence-electron chi connectivity index (χ4n) is 2.24. The number of rotatable bonds is 6. The summed E-state index contributed by atoms with van der Waals surface area (Å²) in [6.45, 7) is 7.74. The Morgan fingerprint density at radius 2 is 2.30 bits per heavy atom. The average Bonchev–Trinajstić information content (AvgIpc) is 2.42. The summed E-state index contributed by atoms with van der Waals surface area (Å²) in [7, 11) is 0. The van der Waals surface area contributed by atoms with Crippen LogP contribution in [0, 0.1) is 5.92 Å². The quantitative estimate of drug-likeness (QED) is 0.869. The predicted molar refractivity (Wildman–Crippen MR) is 82.5 cm³/mol. The SMILES string of the molecule is CC(C)CNCc1ccc(OC2CCCOC2)c(Cl)c1. The molecule has 1 heterocycles. The van der Waals surface area contributed by atoms with Gasteiger partial charge in [-0.25, -0.2) is 0 Å². The second kappa shape index (κ2) is 7.87. The van der Waals surface area contributed by atoms with Crippen LogP contribution >= 0.6 is 11.6 Å². The summed E-state index contributed by atoms with van der Waals surface area (Å²) in [6, 6.07) is 6.01. The lowest BCUT2D eigenvalue weighted by Crippen LogP contribution is -2.28. The summed E-state index contributed by atoms with van der Waals surface area (Å²) in [4.78, 5) is 0. The Morgan fingerprint density at radius 3 is 2.95 bits per heavy atom. The number of benzene rings is 1. The Morgan fingerprint density at radius 1 is 1.45 bits per heavy atom. The first kappa shape index (κ1) is 15.6. The minimum Gasteiger partial charge on any atom is -0.486 e. The van der Waals surface area contributed by atoms with Gasteiger partial charge in [-0.05, 0) is 43.0 Å². The minimum atomic E-state index is 0.131. The van der Waals surface area contributed by atoms with E-state index in [0.29, 0.717) is 17.5 Å². The first-order valence-electron chi connectivity index (χ1n) is 7.38. The molecule has 20 heavy (non-hydrogen) atoms. The molecule has 0 bridgehead atoms. The highest BCUT2D eigenvalue weighted by atomic mass is 35.5. The molecule has 1 fully saturated rings. The van der Waals surface area contributed by atoms with Crippen LogP contribution in [0.2, 0.25) is 5.02 Å². The number of nitrogens with one attached hydrogen (secondary N) is 1. The molecule has 1 atom stereocenters. The summed E-state index contributed by atoms with van der Waals surface area (Å²) in [5.41, 5.74) is 1.18. The average molecular weight is 298 g/mol. The van der Waals surface area contributed by atoms with E-state index in [0.717, 1.165) is 38.3 Å². The number of hydrogen-bond donors (Lipinski definition) is 1. The second-order valence-electron chi connectivity index (χ2n) is 5.75. The van der Waals surface area contributed by atoms with Gasteiger partial charge in [-0.3, -0.25) is 0 Å². The molecule has 1 N–H and O–H groups in total. The highest BCUT2D eigenvalue weighted by Crippen LogP contribution is 2.27. The van der Waals surface area contributed by atoms with Gasteiger partial charge in [-0.2, -0.15) is 0 Å². The Bertz CT molecular complexity index is 417. The van der Waals surface area contributed by atoms with Gasteiger partial charge in [0, 0.05) is 13.2 Å². The molecule has 112 valence electrons. The number of ether oxygens (including phenoxy) is 2. The molecule has 3 nitrogen and oxygen atoms in total. The van der Waals surface area contributed by atoms with Crippen molar-refractivity contribution >= 4 is 11.6 Å². The van der Waals surface area contributed by atoms with Gasteiger partial charge < -0.3 is 14.8 Å². The van der Waals surface area contributed by atoms with Crippen molar-refractivity contribution in [3.05, 3.63) is 28.8 Å². The summed E-state index contributed by atoms with van der Waals surface area (Å²) in [5.74, 6) is 1.41. The van der Waals surface area contributed by atoms with Crippen molar-refractivity contribution in [2.24, 2.45) is 5.92 Å². The number of hydrogen-bond acceptors (Lipinski definition) is 3. The van der Waals surface area contributed by atoms with Crippen LogP contribution in [0.4, 0.5) is 0 Å². The largest absolute Gasteiger partial charge is 0.486 e. The maximum atomic E-state index is 6.30. The molecular weight excluding hydrogens is 274 g/mol. The lowest BCUT2D eigenvalue weighted by Gasteiger charge is -2.23. The summed E-state index contributed by atoms with van der Waals surface area (Å²) in [5, 5.41) is 4.09. The van der Waals surface area contributed by atoms with Crippen molar-refractivity contribution in [2.75, 3.05) is 19.8 Å². The van der Waals surface area contributed by atoms with Gasteiger partial charge in [-0.15, -0.1) is 0 Å². The van der Waals surface area contributed by atoms with Crippen LogP contribution in [-0.4, -0.2) is 25.9 Å². The Hall–Kier alpha value is -0.770. The smallest absolute Gasteiger partial charge is 0.138 e. The molecule has 0 saturated carbocycles. The third-order valence-corrected chi connectivity index (χ3v) is 3.59. The van der Waals surface area contributed by atoms with Gasteiger partial charge in [-0.1, -0.05) is 31.5 Å². The minimum absolute atomic E-state index is 0.131. The Labute approximate surface area is 126 Å². The van der Waals surface area contributed by atoms with Crippen LogP contribution in [0.1, 0.15) is 32.3 Å². The molecule has 1 unspecified atom stereocenters. The molecule has 1 aliphatic heterocycles. The molecule has 0 radical (unpaired) electrons. The van der Waals surface area contributed by atoms with E-state index in [4.69, 9.17) is 21.1 Å². The van der Waals surface area contributed by atoms with E-state index in [1.54, 1.807) is 0 Å². The topological polar surface area (TPSA) is 30.5 Å². The molecule has 2 rings (SSSR count). The lowest BCUT2D eigenvalue weighted by atomic mass is 10.1. The molecule has 1 aliphatic rings. The molecule has 4 heteroatoms. The van der Waals surface area contributed by atoms with Crippen molar-refractivity contribution in [3.63, 3.8) is 0 Å². The molecule has 0 aromatic heterocycles. The van der Waals surface area contributed by atoms with E-state index in [2.05, 4.69) is 25.2 Å². The van der Waals surface area contributed by atoms with E-state index in [1.807, 2.05) is 12.1 Å². The summed E-state index contributed by atoms with van der Waals surface area (Å²) in [6.07, 6.45) is 2.22. The molecule has 1 aromatic carbocycles. The highest BCUT2D eigenvalue weighted by molar-refractivity contribution is 6.32. The van der Waals surface area contributed by atoms with Crippen molar-refractivity contribution in [1.82, 2.24) is 5.32 Å². The van der Waals surface area contributed by atoms with E-state index >= 15 is 0 Å². The standard InChI is InChI=1S/C16H24ClNO2/c1-12(2)9-18-10-13-5-6-16(15(17)8-13)20-14-4-3-7-19-11-14/h5-6,8,12,14,18H,3-4,7,9-11H2,1-2H3. The van der Waals surface area contributed by atoms with Crippen LogP contribution in [0.25, 0.3) is 0 Å². The Kier molecular flexibility index (Phi) is 6.14. The van der Waals surface area contributed by atoms with Gasteiger partial charge >= 0.3 is 0 Å². The monoisotopic (exact) mass is 297 g/mol. The molecular formula is C16H24ClNO2. The van der Waals surface area contributed by atoms with Crippen LogP contribution in [0.5, 0.6) is 5.75 Å². The van der Waals surface area contributed by atoms with Crippen molar-refractivity contribution in [3.8, 4) is 5.75 Å². The van der Waals surface area contributed by atoms with Crippen LogP contribution < -0.4 is 10.1 Å². The van der Waals surface area contributed by atoms with Crippen LogP contribution in [-0.2, 0) is 11.3 Å². The normalized spacial score (nSPS) is 19.3. The van der Waals surface area contributed by atoms with Gasteiger partial charge in [0.05, 0.1) is 11.6 Å². The maximum absolute atomic E-state index is 6.30. The van der Waals surface area contributed by atoms with E-state index in [9.17, 15) is 0 Å². The summed E-state index contributed by atoms with van der Waals surface area (Å²) < 4.78 is 11.3. The van der Waals surface area contributed by atoms with E-state index in [1.165, 1.54) is 5.56 Å². The first-order chi connectivity index (χ1) is 9.65.